The van der Waals surface area contributed by atoms with Crippen LogP contribution in [0.2, 0.25) is 0 Å². The molecule has 33 heavy (non-hydrogen) atoms. The molecule has 1 atom stereocenters. The first-order valence-corrected chi connectivity index (χ1v) is 10.2. The topological polar surface area (TPSA) is 137 Å². The maximum absolute atomic E-state index is 14.6. The molecule has 10 heteroatoms. The van der Waals surface area contributed by atoms with Crippen molar-refractivity contribution in [3.63, 3.8) is 0 Å². The van der Waals surface area contributed by atoms with Gasteiger partial charge in [0.2, 0.25) is 5.91 Å². The molecule has 0 saturated heterocycles. The van der Waals surface area contributed by atoms with Crippen molar-refractivity contribution in [3.8, 4) is 0 Å². The van der Waals surface area contributed by atoms with Crippen molar-refractivity contribution in [2.45, 2.75) is 13.3 Å². The number of aromatic amines is 1. The van der Waals surface area contributed by atoms with Gasteiger partial charge < -0.3 is 21.0 Å². The Morgan fingerprint density at radius 3 is 2.61 bits per heavy atom. The summed E-state index contributed by atoms with van der Waals surface area (Å²) in [5.41, 5.74) is 1.23. The second-order valence-electron chi connectivity index (χ2n) is 7.17. The molecule has 0 aliphatic carbocycles. The zero-order valence-corrected chi connectivity index (χ0v) is 17.6. The van der Waals surface area contributed by atoms with Crippen molar-refractivity contribution in [1.29, 1.82) is 5.41 Å². The molecule has 9 nitrogen and oxygen atoms in total. The number of rotatable bonds is 7. The first-order chi connectivity index (χ1) is 16.0. The average molecular weight is 445 g/mol. The van der Waals surface area contributed by atoms with Gasteiger partial charge in [0.15, 0.2) is 5.65 Å². The number of H-pyrrole nitrogens is 1. The number of para-hydroxylation sites is 1. The number of nitrogens with one attached hydrogen (secondary N) is 4. The van der Waals surface area contributed by atoms with Gasteiger partial charge in [-0.05, 0) is 30.7 Å². The Hall–Kier alpha value is -4.47. The lowest BCUT2D eigenvalue weighted by molar-refractivity contribution is -0.118. The van der Waals surface area contributed by atoms with Crippen LogP contribution >= 0.6 is 0 Å². The van der Waals surface area contributed by atoms with Crippen molar-refractivity contribution in [2.75, 3.05) is 10.6 Å². The number of halogens is 1. The lowest BCUT2D eigenvalue weighted by Crippen LogP contribution is -2.31. The average Bonchev–Trinajstić information content (AvgIpc) is 3.29. The van der Waals surface area contributed by atoms with Crippen LogP contribution in [0.4, 0.5) is 15.8 Å². The van der Waals surface area contributed by atoms with E-state index < -0.39 is 23.5 Å². The summed E-state index contributed by atoms with van der Waals surface area (Å²) in [6, 6.07) is 12.6. The van der Waals surface area contributed by atoms with Gasteiger partial charge in [0.1, 0.15) is 23.4 Å². The summed E-state index contributed by atoms with van der Waals surface area (Å²) in [7, 11) is 0. The Morgan fingerprint density at radius 1 is 1.06 bits per heavy atom. The first kappa shape index (κ1) is 21.8. The molecular formula is C23H20FN7O2. The highest BCUT2D eigenvalue weighted by molar-refractivity contribution is 6.18. The van der Waals surface area contributed by atoms with Crippen LogP contribution in [-0.2, 0) is 4.79 Å². The van der Waals surface area contributed by atoms with E-state index in [1.54, 1.807) is 37.3 Å². The van der Waals surface area contributed by atoms with E-state index >= 15 is 0 Å². The summed E-state index contributed by atoms with van der Waals surface area (Å²) in [5.74, 6) is -2.94. The fourth-order valence-electron chi connectivity index (χ4n) is 3.45. The third-order valence-corrected chi connectivity index (χ3v) is 5.08. The van der Waals surface area contributed by atoms with E-state index in [-0.39, 0.29) is 29.1 Å². The van der Waals surface area contributed by atoms with Crippen LogP contribution in [0.3, 0.4) is 0 Å². The predicted octanol–water partition coefficient (Wildman–Crippen LogP) is 3.78. The number of aromatic nitrogens is 4. The highest BCUT2D eigenvalue weighted by Gasteiger charge is 2.27. The van der Waals surface area contributed by atoms with Gasteiger partial charge >= 0.3 is 0 Å². The Kier molecular flexibility index (Phi) is 6.16. The smallest absolute Gasteiger partial charge is 0.260 e. The first-order valence-electron chi connectivity index (χ1n) is 10.2. The highest BCUT2D eigenvalue weighted by Crippen LogP contribution is 2.23. The fraction of sp³-hybridized carbons (Fsp3) is 0.130. The van der Waals surface area contributed by atoms with Gasteiger partial charge in [0.25, 0.3) is 5.91 Å². The molecule has 2 amide bonds. The van der Waals surface area contributed by atoms with Crippen LogP contribution in [0, 0.1) is 17.1 Å². The number of imidazole rings is 1. The van der Waals surface area contributed by atoms with Crippen molar-refractivity contribution in [1.82, 2.24) is 19.9 Å². The lowest BCUT2D eigenvalue weighted by Gasteiger charge is -2.18. The molecule has 2 aromatic carbocycles. The van der Waals surface area contributed by atoms with Gasteiger partial charge in [0, 0.05) is 5.69 Å². The maximum atomic E-state index is 14.6. The minimum atomic E-state index is -0.903. The molecule has 166 valence electrons. The normalized spacial score (nSPS) is 11.7. The number of carbonyl (C=O) groups is 2. The van der Waals surface area contributed by atoms with Crippen LogP contribution in [-0.4, -0.2) is 37.5 Å². The van der Waals surface area contributed by atoms with Crippen molar-refractivity contribution >= 4 is 40.1 Å². The quantitative estimate of drug-likeness (QED) is 0.321. The predicted molar refractivity (Wildman–Crippen MR) is 122 cm³/mol. The molecule has 0 bridgehead atoms. The number of anilines is 2. The summed E-state index contributed by atoms with van der Waals surface area (Å²) < 4.78 is 14.6. The molecule has 0 aliphatic rings. The molecule has 2 heterocycles. The van der Waals surface area contributed by atoms with E-state index in [2.05, 4.69) is 30.6 Å². The number of carbonyl (C=O) groups excluding carboxylic acids is 2. The fourth-order valence-corrected chi connectivity index (χ4v) is 3.45. The number of benzene rings is 2. The van der Waals surface area contributed by atoms with Gasteiger partial charge in [-0.2, -0.15) is 0 Å². The number of amides is 2. The molecule has 4 rings (SSSR count). The lowest BCUT2D eigenvalue weighted by atomic mass is 9.95. The third kappa shape index (κ3) is 4.45. The molecule has 0 saturated carbocycles. The van der Waals surface area contributed by atoms with Gasteiger partial charge in [0.05, 0.1) is 29.2 Å². The van der Waals surface area contributed by atoms with E-state index in [1.165, 1.54) is 24.8 Å². The molecular weight excluding hydrogens is 425 g/mol. The number of nitrogens with zero attached hydrogens (tertiary/aromatic N) is 3. The second-order valence-corrected chi connectivity index (χ2v) is 7.17. The molecule has 0 spiro atoms. The molecule has 0 radical (unpaired) electrons. The van der Waals surface area contributed by atoms with E-state index in [0.29, 0.717) is 16.9 Å². The van der Waals surface area contributed by atoms with Gasteiger partial charge in [-0.3, -0.25) is 9.59 Å². The van der Waals surface area contributed by atoms with Crippen molar-refractivity contribution in [3.05, 3.63) is 78.3 Å². The minimum absolute atomic E-state index is 0.00839. The molecule has 2 aromatic heterocycles. The van der Waals surface area contributed by atoms with Crippen molar-refractivity contribution < 1.29 is 14.0 Å². The van der Waals surface area contributed by atoms with Crippen LogP contribution in [0.15, 0.2) is 61.2 Å². The number of hydrogen-bond donors (Lipinski definition) is 4. The van der Waals surface area contributed by atoms with Gasteiger partial charge in [-0.1, -0.05) is 31.2 Å². The van der Waals surface area contributed by atoms with Gasteiger partial charge in [-0.25, -0.2) is 19.3 Å². The highest BCUT2D eigenvalue weighted by atomic mass is 19.1. The van der Waals surface area contributed by atoms with E-state index in [4.69, 9.17) is 5.41 Å². The summed E-state index contributed by atoms with van der Waals surface area (Å²) in [6.07, 6.45) is 2.99. The monoisotopic (exact) mass is 445 g/mol. The summed E-state index contributed by atoms with van der Waals surface area (Å²) in [4.78, 5) is 41.0. The van der Waals surface area contributed by atoms with Crippen LogP contribution in [0.1, 0.15) is 29.4 Å². The second kappa shape index (κ2) is 9.35. The third-order valence-electron chi connectivity index (χ3n) is 5.08. The van der Waals surface area contributed by atoms with Crippen LogP contribution < -0.4 is 10.6 Å². The summed E-state index contributed by atoms with van der Waals surface area (Å²) in [6.45, 7) is 1.75. The standard InChI is InChI=1S/C23H20FN7O2/c1-2-14(18(25)19-20-21(28-11-26-19)29-12-27-20)22(32)31-16-10-6-9-15(24)17(16)23(33)30-13-7-4-3-5-8-13/h3-12,14,25H,2H2,1H3,(H,30,33)(H,31,32)(H,26,27,28,29)/t14-/m1/s1. The summed E-state index contributed by atoms with van der Waals surface area (Å²) in [5, 5.41) is 13.8. The Balaban J connectivity index is 1.60. The van der Waals surface area contributed by atoms with Gasteiger partial charge in [-0.15, -0.1) is 0 Å². The Labute approximate surface area is 188 Å². The van der Waals surface area contributed by atoms with E-state index in [0.717, 1.165) is 6.07 Å². The van der Waals surface area contributed by atoms with Crippen molar-refractivity contribution in [2.24, 2.45) is 5.92 Å². The van der Waals surface area contributed by atoms with E-state index in [1.807, 2.05) is 0 Å². The number of fused-ring (bicyclic) bond motifs is 1. The minimum Gasteiger partial charge on any atom is -0.341 e. The molecule has 4 aromatic rings. The molecule has 0 aliphatic heterocycles. The molecule has 0 unspecified atom stereocenters. The van der Waals surface area contributed by atoms with Crippen LogP contribution in [0.5, 0.6) is 0 Å². The van der Waals surface area contributed by atoms with Crippen LogP contribution in [0.25, 0.3) is 11.2 Å². The Morgan fingerprint density at radius 2 is 1.85 bits per heavy atom. The largest absolute Gasteiger partial charge is 0.341 e. The number of hydrogen-bond acceptors (Lipinski definition) is 6. The maximum Gasteiger partial charge on any atom is 0.260 e. The Bertz CT molecular complexity index is 1340. The SMILES string of the molecule is CC[C@H](C(=N)c1ncnc2nc[nH]c12)C(=O)Nc1cccc(F)c1C(=O)Nc1ccccc1. The molecule has 4 N–H and O–H groups in total. The zero-order valence-electron chi connectivity index (χ0n) is 17.6. The molecule has 0 fully saturated rings. The van der Waals surface area contributed by atoms with E-state index in [9.17, 15) is 14.0 Å². The zero-order chi connectivity index (χ0) is 23.4. The summed E-state index contributed by atoms with van der Waals surface area (Å²) >= 11 is 0.